The van der Waals surface area contributed by atoms with E-state index >= 15 is 0 Å². The van der Waals surface area contributed by atoms with Crippen LogP contribution in [0.2, 0.25) is 0 Å². The van der Waals surface area contributed by atoms with Gasteiger partial charge in [-0.15, -0.1) is 0 Å². The molecule has 5 rings (SSSR count). The monoisotopic (exact) mass is 365 g/mol. The van der Waals surface area contributed by atoms with Gasteiger partial charge in [-0.2, -0.15) is 0 Å². The lowest BCUT2D eigenvalue weighted by Crippen LogP contribution is -2.44. The minimum atomic E-state index is -0.761. The molecular formula is C20H19N3O4. The summed E-state index contributed by atoms with van der Waals surface area (Å²) in [5.41, 5.74) is 0.251. The van der Waals surface area contributed by atoms with Crippen LogP contribution in [-0.4, -0.2) is 35.2 Å². The molecule has 7 heteroatoms. The number of amides is 2. The number of anilines is 1. The summed E-state index contributed by atoms with van der Waals surface area (Å²) in [7, 11) is 0. The number of fused-ring (bicyclic) bond motifs is 1. The summed E-state index contributed by atoms with van der Waals surface area (Å²) in [6, 6.07) is 11.4. The smallest absolute Gasteiger partial charge is 0.235 e. The van der Waals surface area contributed by atoms with Gasteiger partial charge in [0.1, 0.15) is 11.4 Å². The van der Waals surface area contributed by atoms with Crippen molar-refractivity contribution in [1.29, 1.82) is 0 Å². The lowest BCUT2D eigenvalue weighted by atomic mass is 9.77. The molecule has 7 nitrogen and oxygen atoms in total. The van der Waals surface area contributed by atoms with Gasteiger partial charge in [0.05, 0.1) is 24.5 Å². The zero-order valence-corrected chi connectivity index (χ0v) is 14.8. The van der Waals surface area contributed by atoms with Gasteiger partial charge in [-0.3, -0.25) is 14.5 Å². The van der Waals surface area contributed by atoms with E-state index in [0.29, 0.717) is 24.7 Å². The Morgan fingerprint density at radius 2 is 2.19 bits per heavy atom. The summed E-state index contributed by atoms with van der Waals surface area (Å²) in [6.45, 7) is 2.54. The fraction of sp³-hybridized carbons (Fsp3) is 0.350. The van der Waals surface area contributed by atoms with Crippen molar-refractivity contribution in [1.82, 2.24) is 10.5 Å². The van der Waals surface area contributed by atoms with Crippen LogP contribution >= 0.6 is 0 Å². The number of benzene rings is 1. The summed E-state index contributed by atoms with van der Waals surface area (Å²) < 4.78 is 11.2. The van der Waals surface area contributed by atoms with Gasteiger partial charge in [0.2, 0.25) is 11.8 Å². The summed E-state index contributed by atoms with van der Waals surface area (Å²) in [6.07, 6.45) is 3.46. The number of carbonyl (C=O) groups excluding carboxylic acids is 2. The molecule has 2 unspecified atom stereocenters. The van der Waals surface area contributed by atoms with E-state index in [1.807, 2.05) is 42.5 Å². The number of aromatic nitrogens is 1. The second-order valence-electron chi connectivity index (χ2n) is 7.32. The Morgan fingerprint density at radius 1 is 1.37 bits per heavy atom. The average molecular weight is 365 g/mol. The van der Waals surface area contributed by atoms with E-state index in [9.17, 15) is 9.59 Å². The first-order chi connectivity index (χ1) is 13.1. The van der Waals surface area contributed by atoms with Crippen LogP contribution in [-0.2, 0) is 20.9 Å². The fourth-order valence-corrected chi connectivity index (χ4v) is 4.37. The molecule has 2 saturated heterocycles. The van der Waals surface area contributed by atoms with Crippen molar-refractivity contribution in [2.75, 3.05) is 11.4 Å². The molecule has 3 aliphatic rings. The van der Waals surface area contributed by atoms with Gasteiger partial charge in [0, 0.05) is 12.6 Å². The average Bonchev–Trinajstić information content (AvgIpc) is 3.42. The third-order valence-corrected chi connectivity index (χ3v) is 5.60. The highest BCUT2D eigenvalue weighted by molar-refractivity contribution is 6.02. The summed E-state index contributed by atoms with van der Waals surface area (Å²) in [5, 5.41) is 6.91. The molecule has 1 spiro atoms. The van der Waals surface area contributed by atoms with Gasteiger partial charge < -0.3 is 14.6 Å². The van der Waals surface area contributed by atoms with Crippen molar-refractivity contribution >= 4 is 17.6 Å². The maximum Gasteiger partial charge on any atom is 0.235 e. The highest BCUT2D eigenvalue weighted by atomic mass is 16.5. The Bertz CT molecular complexity index is 938. The zero-order chi connectivity index (χ0) is 18.6. The Hall–Kier alpha value is -2.93. The molecule has 0 radical (unpaired) electrons. The van der Waals surface area contributed by atoms with Crippen LogP contribution in [0.5, 0.6) is 0 Å². The molecule has 3 aliphatic heterocycles. The maximum absolute atomic E-state index is 13.1. The molecule has 0 aliphatic carbocycles. The number of carbonyl (C=O) groups is 2. The number of hydrogen-bond acceptors (Lipinski definition) is 5. The predicted octanol–water partition coefficient (Wildman–Crippen LogP) is 1.59. The van der Waals surface area contributed by atoms with E-state index < -0.39 is 17.4 Å². The molecule has 1 N–H and O–H groups in total. The van der Waals surface area contributed by atoms with Gasteiger partial charge in [0.15, 0.2) is 5.82 Å². The van der Waals surface area contributed by atoms with E-state index in [2.05, 4.69) is 10.5 Å². The molecule has 2 aromatic rings. The summed E-state index contributed by atoms with van der Waals surface area (Å²) in [4.78, 5) is 27.6. The van der Waals surface area contributed by atoms with Crippen LogP contribution in [0.4, 0.5) is 5.82 Å². The van der Waals surface area contributed by atoms with Crippen molar-refractivity contribution in [3.8, 4) is 0 Å². The van der Waals surface area contributed by atoms with Crippen LogP contribution in [0, 0.1) is 18.8 Å². The number of rotatable bonds is 4. The van der Waals surface area contributed by atoms with Crippen molar-refractivity contribution in [3.63, 3.8) is 0 Å². The second kappa shape index (κ2) is 5.79. The third kappa shape index (κ3) is 2.42. The van der Waals surface area contributed by atoms with Crippen LogP contribution in [0.15, 0.2) is 53.1 Å². The highest BCUT2D eigenvalue weighted by Gasteiger charge is 2.67. The normalized spacial score (nSPS) is 30.8. The van der Waals surface area contributed by atoms with E-state index in [1.165, 1.54) is 0 Å². The maximum atomic E-state index is 13.1. The molecule has 27 heavy (non-hydrogen) atoms. The number of hydrogen-bond donors (Lipinski definition) is 1. The van der Waals surface area contributed by atoms with Crippen LogP contribution in [0.25, 0.3) is 0 Å². The van der Waals surface area contributed by atoms with Crippen molar-refractivity contribution in [3.05, 3.63) is 59.9 Å². The van der Waals surface area contributed by atoms with Gasteiger partial charge in [0.25, 0.3) is 0 Å². The van der Waals surface area contributed by atoms with Crippen LogP contribution in [0.1, 0.15) is 11.3 Å². The predicted molar refractivity (Wildman–Crippen MR) is 95.6 cm³/mol. The molecule has 2 amide bonds. The summed E-state index contributed by atoms with van der Waals surface area (Å²) >= 11 is 0. The molecule has 138 valence electrons. The first-order valence-electron chi connectivity index (χ1n) is 9.01. The molecule has 2 fully saturated rings. The molecule has 4 heterocycles. The van der Waals surface area contributed by atoms with Crippen molar-refractivity contribution in [2.45, 2.75) is 25.2 Å². The Labute approximate surface area is 156 Å². The quantitative estimate of drug-likeness (QED) is 0.832. The van der Waals surface area contributed by atoms with Gasteiger partial charge >= 0.3 is 0 Å². The SMILES string of the molecule is Cc1cc(N2C[C@]34C=C[C@@H](O3)C(C(=O)NCc3ccccc3)C4C2=O)no1. The Morgan fingerprint density at radius 3 is 2.93 bits per heavy atom. The number of ether oxygens (including phenoxy) is 1. The lowest BCUT2D eigenvalue weighted by molar-refractivity contribution is -0.132. The van der Waals surface area contributed by atoms with E-state index in [-0.39, 0.29) is 17.9 Å². The molecule has 0 saturated carbocycles. The number of nitrogens with zero attached hydrogens (tertiary/aromatic N) is 2. The summed E-state index contributed by atoms with van der Waals surface area (Å²) in [5.74, 6) is -0.290. The van der Waals surface area contributed by atoms with E-state index in [4.69, 9.17) is 9.26 Å². The first-order valence-corrected chi connectivity index (χ1v) is 9.01. The molecule has 2 bridgehead atoms. The minimum absolute atomic E-state index is 0.144. The standard InChI is InChI=1S/C20H19N3O4/c1-12-9-15(22-27-12)23-11-20-8-7-14(26-20)16(17(20)19(23)25)18(24)21-10-13-5-3-2-4-6-13/h2-9,14,16-17H,10-11H2,1H3,(H,21,24)/t14-,16?,17?,20+/m1/s1. The second-order valence-corrected chi connectivity index (χ2v) is 7.32. The molecule has 4 atom stereocenters. The largest absolute Gasteiger partial charge is 0.360 e. The fourth-order valence-electron chi connectivity index (χ4n) is 4.37. The third-order valence-electron chi connectivity index (χ3n) is 5.60. The molecule has 1 aromatic heterocycles. The minimum Gasteiger partial charge on any atom is -0.360 e. The van der Waals surface area contributed by atoms with Gasteiger partial charge in [-0.1, -0.05) is 47.6 Å². The van der Waals surface area contributed by atoms with Crippen molar-refractivity contribution < 1.29 is 18.8 Å². The number of nitrogens with one attached hydrogen (secondary N) is 1. The Kier molecular flexibility index (Phi) is 3.48. The van der Waals surface area contributed by atoms with Crippen molar-refractivity contribution in [2.24, 2.45) is 11.8 Å². The van der Waals surface area contributed by atoms with Gasteiger partial charge in [-0.25, -0.2) is 0 Å². The molecule has 1 aromatic carbocycles. The lowest BCUT2D eigenvalue weighted by Gasteiger charge is -2.23. The number of aryl methyl sites for hydroxylation is 1. The Balaban J connectivity index is 1.38. The van der Waals surface area contributed by atoms with E-state index in [1.54, 1.807) is 17.9 Å². The first kappa shape index (κ1) is 16.3. The topological polar surface area (TPSA) is 84.7 Å². The van der Waals surface area contributed by atoms with Gasteiger partial charge in [-0.05, 0) is 12.5 Å². The van der Waals surface area contributed by atoms with E-state index in [0.717, 1.165) is 5.56 Å². The zero-order valence-electron chi connectivity index (χ0n) is 14.8. The van der Waals surface area contributed by atoms with Crippen LogP contribution in [0.3, 0.4) is 0 Å². The highest BCUT2D eigenvalue weighted by Crippen LogP contribution is 2.52. The molecular weight excluding hydrogens is 346 g/mol. The van der Waals surface area contributed by atoms with Crippen LogP contribution < -0.4 is 10.2 Å².